The molecule has 3 aromatic heterocycles. The molecule has 0 unspecified atom stereocenters. The molecule has 6 nitrogen and oxygen atoms in total. The first-order chi connectivity index (χ1) is 16.0. The number of hydrogen-bond acceptors (Lipinski definition) is 6. The lowest BCUT2D eigenvalue weighted by atomic mass is 9.95. The quantitative estimate of drug-likeness (QED) is 0.489. The Bertz CT molecular complexity index is 1090. The number of aromatic nitrogens is 3. The lowest BCUT2D eigenvalue weighted by molar-refractivity contribution is 0.0860. The molecule has 2 saturated heterocycles. The van der Waals surface area contributed by atoms with Gasteiger partial charge in [-0.25, -0.2) is 9.97 Å². The van der Waals surface area contributed by atoms with Crippen molar-refractivity contribution in [1.82, 2.24) is 19.4 Å². The van der Waals surface area contributed by atoms with Crippen molar-refractivity contribution in [2.24, 2.45) is 5.92 Å². The van der Waals surface area contributed by atoms with Gasteiger partial charge in [-0.05, 0) is 76.9 Å². The second-order valence-electron chi connectivity index (χ2n) is 10.3. The Labute approximate surface area is 201 Å². The molecule has 7 heteroatoms. The average molecular weight is 470 g/mol. The van der Waals surface area contributed by atoms with E-state index in [2.05, 4.69) is 36.3 Å². The number of rotatable bonds is 7. The van der Waals surface area contributed by atoms with E-state index in [9.17, 15) is 0 Å². The number of aryl methyl sites for hydroxylation is 1. The molecule has 2 fully saturated rings. The molecule has 0 aliphatic carbocycles. The van der Waals surface area contributed by atoms with E-state index in [0.717, 1.165) is 56.5 Å². The van der Waals surface area contributed by atoms with E-state index in [-0.39, 0.29) is 0 Å². The Hall–Kier alpha value is -1.70. The Morgan fingerprint density at radius 1 is 1.15 bits per heavy atom. The smallest absolute Gasteiger partial charge is 0.152 e. The third kappa shape index (κ3) is 4.64. The van der Waals surface area contributed by atoms with Crippen LogP contribution in [0.3, 0.4) is 0 Å². The first-order valence-corrected chi connectivity index (χ1v) is 13.8. The summed E-state index contributed by atoms with van der Waals surface area (Å²) in [7, 11) is 0. The van der Waals surface area contributed by atoms with Crippen LogP contribution in [0.5, 0.6) is 0 Å². The van der Waals surface area contributed by atoms with Crippen molar-refractivity contribution < 1.29 is 4.74 Å². The number of fused-ring (bicyclic) bond motifs is 3. The second-order valence-corrected chi connectivity index (χ2v) is 11.3. The van der Waals surface area contributed by atoms with Crippen LogP contribution in [0.2, 0.25) is 0 Å². The van der Waals surface area contributed by atoms with E-state index in [1.165, 1.54) is 53.3 Å². The van der Waals surface area contributed by atoms with Crippen LogP contribution in [-0.2, 0) is 17.7 Å². The number of piperidine rings is 1. The minimum Gasteiger partial charge on any atom is -0.382 e. The standard InChI is InChI=1S/C26H39N5OS/c1-4-5-6-22-29-23-24(31(22)16-18-7-11-30(12-8-18)17(2)3)25-20(28-26(23)27)15-21(33-25)19-9-13-32-14-10-19/h15,17-19H,4-14,16H2,1-3H3,(H2,27,28). The van der Waals surface area contributed by atoms with Crippen molar-refractivity contribution in [2.75, 3.05) is 32.0 Å². The van der Waals surface area contributed by atoms with Crippen LogP contribution in [0, 0.1) is 5.92 Å². The summed E-state index contributed by atoms with van der Waals surface area (Å²) in [5, 5.41) is 0. The third-order valence-electron chi connectivity index (χ3n) is 7.67. The van der Waals surface area contributed by atoms with Crippen LogP contribution in [-0.4, -0.2) is 51.8 Å². The van der Waals surface area contributed by atoms with Crippen molar-refractivity contribution in [3.05, 3.63) is 16.8 Å². The van der Waals surface area contributed by atoms with E-state index in [1.807, 2.05) is 11.3 Å². The monoisotopic (exact) mass is 469 g/mol. The summed E-state index contributed by atoms with van der Waals surface area (Å²) in [4.78, 5) is 13.9. The molecule has 0 radical (unpaired) electrons. The zero-order chi connectivity index (χ0) is 22.9. The number of nitrogen functional groups attached to an aromatic ring is 1. The predicted octanol–water partition coefficient (Wildman–Crippen LogP) is 5.59. The number of anilines is 1. The van der Waals surface area contributed by atoms with Crippen molar-refractivity contribution in [3.8, 4) is 0 Å². The van der Waals surface area contributed by atoms with Gasteiger partial charge < -0.3 is 19.9 Å². The highest BCUT2D eigenvalue weighted by Gasteiger charge is 2.26. The van der Waals surface area contributed by atoms with Crippen molar-refractivity contribution in [3.63, 3.8) is 0 Å². The average Bonchev–Trinajstić information content (AvgIpc) is 3.40. The number of thiophene rings is 1. The first kappa shape index (κ1) is 23.1. The van der Waals surface area contributed by atoms with Crippen LogP contribution in [0.25, 0.3) is 21.3 Å². The van der Waals surface area contributed by atoms with E-state index in [0.29, 0.717) is 23.7 Å². The third-order valence-corrected chi connectivity index (χ3v) is 8.97. The fourth-order valence-corrected chi connectivity index (χ4v) is 6.88. The molecule has 180 valence electrons. The summed E-state index contributed by atoms with van der Waals surface area (Å²) in [6, 6.07) is 2.93. The van der Waals surface area contributed by atoms with Gasteiger partial charge in [-0.15, -0.1) is 11.3 Å². The maximum atomic E-state index is 6.50. The second kappa shape index (κ2) is 9.88. The molecule has 2 aliphatic rings. The van der Waals surface area contributed by atoms with Gasteiger partial charge in [-0.2, -0.15) is 0 Å². The lowest BCUT2D eigenvalue weighted by Crippen LogP contribution is -2.39. The van der Waals surface area contributed by atoms with Crippen molar-refractivity contribution in [1.29, 1.82) is 0 Å². The number of ether oxygens (including phenoxy) is 1. The molecule has 5 heterocycles. The Morgan fingerprint density at radius 2 is 1.91 bits per heavy atom. The molecular weight excluding hydrogens is 430 g/mol. The number of pyridine rings is 1. The number of imidazole rings is 1. The van der Waals surface area contributed by atoms with Crippen LogP contribution in [0.1, 0.15) is 75.9 Å². The zero-order valence-electron chi connectivity index (χ0n) is 20.5. The molecule has 0 bridgehead atoms. The summed E-state index contributed by atoms with van der Waals surface area (Å²) >= 11 is 1.92. The van der Waals surface area contributed by atoms with Crippen molar-refractivity contribution in [2.45, 2.75) is 84.2 Å². The Kier molecular flexibility index (Phi) is 6.91. The summed E-state index contributed by atoms with van der Waals surface area (Å²) in [6.45, 7) is 12.0. The fourth-order valence-electron chi connectivity index (χ4n) is 5.56. The largest absolute Gasteiger partial charge is 0.382 e. The van der Waals surface area contributed by atoms with Gasteiger partial charge in [0, 0.05) is 37.1 Å². The number of hydrogen-bond donors (Lipinski definition) is 1. The van der Waals surface area contributed by atoms with Gasteiger partial charge in [-0.1, -0.05) is 13.3 Å². The molecule has 5 rings (SSSR count). The molecule has 0 spiro atoms. The minimum atomic E-state index is 0.575. The fraction of sp³-hybridized carbons (Fsp3) is 0.692. The SMILES string of the molecule is CCCCc1nc2c(N)nc3cc(C4CCOCC4)sc3c2n1CC1CCN(C(C)C)CC1. The number of nitrogens with zero attached hydrogens (tertiary/aromatic N) is 4. The molecule has 3 aromatic rings. The molecule has 33 heavy (non-hydrogen) atoms. The van der Waals surface area contributed by atoms with E-state index in [4.69, 9.17) is 20.4 Å². The van der Waals surface area contributed by atoms with Gasteiger partial charge in [0.1, 0.15) is 11.3 Å². The number of likely N-dealkylation sites (tertiary alicyclic amines) is 1. The molecular formula is C26H39N5OS. The summed E-state index contributed by atoms with van der Waals surface area (Å²) in [6.07, 6.45) is 8.05. The van der Waals surface area contributed by atoms with Crippen LogP contribution >= 0.6 is 11.3 Å². The maximum absolute atomic E-state index is 6.50. The Morgan fingerprint density at radius 3 is 2.61 bits per heavy atom. The first-order valence-electron chi connectivity index (χ1n) is 12.9. The molecule has 0 aromatic carbocycles. The van der Waals surface area contributed by atoms with Crippen LogP contribution < -0.4 is 5.73 Å². The van der Waals surface area contributed by atoms with E-state index < -0.39 is 0 Å². The molecule has 0 atom stereocenters. The van der Waals surface area contributed by atoms with Crippen LogP contribution in [0.15, 0.2) is 6.07 Å². The topological polar surface area (TPSA) is 69.2 Å². The van der Waals surface area contributed by atoms with Gasteiger partial charge in [0.15, 0.2) is 5.82 Å². The highest BCUT2D eigenvalue weighted by molar-refractivity contribution is 7.20. The van der Waals surface area contributed by atoms with E-state index in [1.54, 1.807) is 0 Å². The highest BCUT2D eigenvalue weighted by Crippen LogP contribution is 2.40. The van der Waals surface area contributed by atoms with Gasteiger partial charge in [0.2, 0.25) is 0 Å². The van der Waals surface area contributed by atoms with Gasteiger partial charge in [0.05, 0.1) is 15.7 Å². The van der Waals surface area contributed by atoms with E-state index >= 15 is 0 Å². The molecule has 0 saturated carbocycles. The summed E-state index contributed by atoms with van der Waals surface area (Å²) in [5.41, 5.74) is 9.69. The lowest BCUT2D eigenvalue weighted by Gasteiger charge is -2.35. The molecule has 2 aliphatic heterocycles. The number of nitrogens with two attached hydrogens (primary N) is 1. The van der Waals surface area contributed by atoms with Gasteiger partial charge in [0.25, 0.3) is 0 Å². The van der Waals surface area contributed by atoms with Gasteiger partial charge >= 0.3 is 0 Å². The normalized spacial score (nSPS) is 19.4. The highest BCUT2D eigenvalue weighted by atomic mass is 32.1. The summed E-state index contributed by atoms with van der Waals surface area (Å²) < 4.78 is 9.41. The maximum Gasteiger partial charge on any atom is 0.152 e. The van der Waals surface area contributed by atoms with Crippen molar-refractivity contribution >= 4 is 38.4 Å². The molecule has 2 N–H and O–H groups in total. The Balaban J connectivity index is 1.54. The molecule has 0 amide bonds. The zero-order valence-corrected chi connectivity index (χ0v) is 21.3. The van der Waals surface area contributed by atoms with Crippen LogP contribution in [0.4, 0.5) is 5.82 Å². The predicted molar refractivity (Wildman–Crippen MR) is 138 cm³/mol. The van der Waals surface area contributed by atoms with Gasteiger partial charge in [-0.3, -0.25) is 0 Å². The minimum absolute atomic E-state index is 0.575. The summed E-state index contributed by atoms with van der Waals surface area (Å²) in [5.74, 6) is 3.04. The number of unbranched alkanes of at least 4 members (excludes halogenated alkanes) is 1.